The Morgan fingerprint density at radius 3 is 2.54 bits per heavy atom. The van der Waals surface area contributed by atoms with Crippen molar-refractivity contribution in [1.82, 2.24) is 20.1 Å². The lowest BCUT2D eigenvalue weighted by Crippen LogP contribution is -2.55. The van der Waals surface area contributed by atoms with Crippen molar-refractivity contribution in [3.8, 4) is 11.3 Å². The van der Waals surface area contributed by atoms with Crippen LogP contribution in [0.2, 0.25) is 0 Å². The Labute approximate surface area is 246 Å². The van der Waals surface area contributed by atoms with E-state index in [1.165, 1.54) is 0 Å². The number of hydrogen-bond acceptors (Lipinski definition) is 8. The number of rotatable bonds is 7. The minimum atomic E-state index is -0.642. The fraction of sp³-hybridized carbons (Fsp3) is 0.613. The summed E-state index contributed by atoms with van der Waals surface area (Å²) in [5, 5.41) is 6.21. The van der Waals surface area contributed by atoms with Gasteiger partial charge in [-0.15, -0.1) is 11.3 Å². The van der Waals surface area contributed by atoms with Crippen LogP contribution in [0.1, 0.15) is 55.8 Å². The number of anilines is 1. The molecule has 1 N–H and O–H groups in total. The SMILES string of the molecule is CC[C@H]1CN(C(=O)[C@@H](NC(=O)c2ccc(-c3csc(N4CCN(C)CC4)n3)cc2)C2CCCCC2)[C@@H]2C(=O)CO[C@H]12. The van der Waals surface area contributed by atoms with E-state index in [0.29, 0.717) is 12.1 Å². The number of amides is 2. The molecular weight excluding hydrogens is 538 g/mol. The first-order valence-corrected chi connectivity index (χ1v) is 16.1. The maximum atomic E-state index is 14.0. The van der Waals surface area contributed by atoms with Gasteiger partial charge in [0.1, 0.15) is 18.7 Å². The van der Waals surface area contributed by atoms with Crippen molar-refractivity contribution in [3.63, 3.8) is 0 Å². The van der Waals surface area contributed by atoms with E-state index in [9.17, 15) is 14.4 Å². The predicted octanol–water partition coefficient (Wildman–Crippen LogP) is 3.45. The van der Waals surface area contributed by atoms with Gasteiger partial charge in [-0.1, -0.05) is 38.3 Å². The first-order chi connectivity index (χ1) is 19.9. The summed E-state index contributed by atoms with van der Waals surface area (Å²) in [7, 11) is 2.14. The highest BCUT2D eigenvalue weighted by atomic mass is 32.1. The molecule has 3 aliphatic heterocycles. The van der Waals surface area contributed by atoms with Gasteiger partial charge in [0.2, 0.25) is 5.91 Å². The molecule has 220 valence electrons. The van der Waals surface area contributed by atoms with E-state index in [1.54, 1.807) is 16.2 Å². The van der Waals surface area contributed by atoms with Gasteiger partial charge in [0.15, 0.2) is 10.9 Å². The molecule has 9 nitrogen and oxygen atoms in total. The van der Waals surface area contributed by atoms with Crippen molar-refractivity contribution in [1.29, 1.82) is 0 Å². The van der Waals surface area contributed by atoms with Gasteiger partial charge < -0.3 is 24.8 Å². The monoisotopic (exact) mass is 579 g/mol. The number of fused-ring (bicyclic) bond motifs is 1. The third-order valence-electron chi connectivity index (χ3n) is 9.48. The quantitative estimate of drug-likeness (QED) is 0.537. The molecule has 0 unspecified atom stereocenters. The summed E-state index contributed by atoms with van der Waals surface area (Å²) in [6.07, 6.45) is 5.67. The molecule has 10 heteroatoms. The molecule has 1 aliphatic carbocycles. The lowest BCUT2D eigenvalue weighted by atomic mass is 9.83. The van der Waals surface area contributed by atoms with E-state index in [2.05, 4.69) is 34.5 Å². The summed E-state index contributed by atoms with van der Waals surface area (Å²) < 4.78 is 5.80. The number of ether oxygens (including phenoxy) is 1. The van der Waals surface area contributed by atoms with Gasteiger partial charge in [-0.05, 0) is 44.4 Å². The summed E-state index contributed by atoms with van der Waals surface area (Å²) >= 11 is 1.65. The minimum Gasteiger partial charge on any atom is -0.367 e. The highest BCUT2D eigenvalue weighted by Gasteiger charge is 2.53. The standard InChI is InChI=1S/C31H41N5O4S/c1-3-20-17-36(27-25(37)18-40-28(20)27)30(39)26(22-7-5-4-6-8-22)33-29(38)23-11-9-21(10-12-23)24-19-41-31(32-24)35-15-13-34(2)14-16-35/h9-12,19-20,22,26-28H,3-8,13-18H2,1-2H3,(H,33,38)/t20-,26-,27+,28+/m0/s1. The van der Waals surface area contributed by atoms with E-state index >= 15 is 0 Å². The highest BCUT2D eigenvalue weighted by molar-refractivity contribution is 7.14. The number of thiazole rings is 1. The second-order valence-electron chi connectivity index (χ2n) is 12.1. The minimum absolute atomic E-state index is 0.0265. The van der Waals surface area contributed by atoms with Crippen LogP contribution in [-0.4, -0.2) is 96.9 Å². The lowest BCUT2D eigenvalue weighted by Gasteiger charge is -2.34. The molecule has 2 amide bonds. The number of carbonyl (C=O) groups excluding carboxylic acids is 3. The molecule has 4 fully saturated rings. The smallest absolute Gasteiger partial charge is 0.251 e. The maximum absolute atomic E-state index is 14.0. The molecule has 1 aromatic heterocycles. The molecule has 0 radical (unpaired) electrons. The normalized spacial score (nSPS) is 26.3. The van der Waals surface area contributed by atoms with Gasteiger partial charge in [-0.25, -0.2) is 4.98 Å². The Kier molecular flexibility index (Phi) is 8.42. The number of carbonyl (C=O) groups is 3. The van der Waals surface area contributed by atoms with E-state index in [-0.39, 0.29) is 42.1 Å². The Hall–Kier alpha value is -2.82. The summed E-state index contributed by atoms with van der Waals surface area (Å²) in [6.45, 7) is 6.67. The Morgan fingerprint density at radius 1 is 1.10 bits per heavy atom. The molecule has 1 saturated carbocycles. The fourth-order valence-corrected chi connectivity index (χ4v) is 7.81. The topological polar surface area (TPSA) is 95.1 Å². The van der Waals surface area contributed by atoms with Crippen molar-refractivity contribution >= 4 is 34.1 Å². The zero-order chi connectivity index (χ0) is 28.5. The van der Waals surface area contributed by atoms with E-state index < -0.39 is 12.1 Å². The van der Waals surface area contributed by atoms with Gasteiger partial charge in [0.05, 0.1) is 11.8 Å². The van der Waals surface area contributed by atoms with Crippen molar-refractivity contribution < 1.29 is 19.1 Å². The second-order valence-corrected chi connectivity index (χ2v) is 12.9. The molecule has 2 aromatic rings. The number of Topliss-reactive ketones (excluding diaryl/α,β-unsaturated/α-hetero) is 1. The number of nitrogens with one attached hydrogen (secondary N) is 1. The van der Waals surface area contributed by atoms with Crippen LogP contribution in [0, 0.1) is 11.8 Å². The number of likely N-dealkylation sites (tertiary alicyclic amines) is 1. The summed E-state index contributed by atoms with van der Waals surface area (Å²) in [5.41, 5.74) is 2.39. The van der Waals surface area contributed by atoms with Crippen molar-refractivity contribution in [3.05, 3.63) is 35.2 Å². The number of benzene rings is 1. The zero-order valence-electron chi connectivity index (χ0n) is 24.1. The molecule has 4 atom stereocenters. The third-order valence-corrected chi connectivity index (χ3v) is 10.4. The van der Waals surface area contributed by atoms with Crippen LogP contribution in [0.25, 0.3) is 11.3 Å². The van der Waals surface area contributed by atoms with Crippen LogP contribution in [0.4, 0.5) is 5.13 Å². The van der Waals surface area contributed by atoms with Crippen molar-refractivity contribution in [2.45, 2.75) is 63.6 Å². The average Bonchev–Trinajstić information content (AvgIpc) is 3.74. The molecule has 1 aromatic carbocycles. The molecule has 0 bridgehead atoms. The summed E-state index contributed by atoms with van der Waals surface area (Å²) in [4.78, 5) is 51.5. The maximum Gasteiger partial charge on any atom is 0.251 e. The zero-order valence-corrected chi connectivity index (χ0v) is 24.9. The lowest BCUT2D eigenvalue weighted by molar-refractivity contribution is -0.139. The van der Waals surface area contributed by atoms with Gasteiger partial charge in [-0.2, -0.15) is 0 Å². The van der Waals surface area contributed by atoms with Gasteiger partial charge in [0, 0.05) is 55.1 Å². The van der Waals surface area contributed by atoms with Crippen LogP contribution in [0.3, 0.4) is 0 Å². The number of aromatic nitrogens is 1. The van der Waals surface area contributed by atoms with Gasteiger partial charge in [0.25, 0.3) is 5.91 Å². The first-order valence-electron chi connectivity index (χ1n) is 15.2. The van der Waals surface area contributed by atoms with E-state index in [4.69, 9.17) is 9.72 Å². The third kappa shape index (κ3) is 5.79. The average molecular weight is 580 g/mol. The first kappa shape index (κ1) is 28.3. The van der Waals surface area contributed by atoms with Crippen molar-refractivity contribution in [2.24, 2.45) is 11.8 Å². The molecule has 3 saturated heterocycles. The van der Waals surface area contributed by atoms with Crippen LogP contribution in [-0.2, 0) is 14.3 Å². The molecule has 4 aliphatic rings. The number of hydrogen-bond donors (Lipinski definition) is 1. The predicted molar refractivity (Wildman–Crippen MR) is 159 cm³/mol. The number of likely N-dealkylation sites (N-methyl/N-ethyl adjacent to an activating group) is 1. The summed E-state index contributed by atoms with van der Waals surface area (Å²) in [5.74, 6) is -0.201. The Balaban J connectivity index is 1.16. The van der Waals surface area contributed by atoms with Gasteiger partial charge in [-0.3, -0.25) is 14.4 Å². The fourth-order valence-electron chi connectivity index (χ4n) is 6.93. The van der Waals surface area contributed by atoms with Crippen LogP contribution in [0.15, 0.2) is 29.6 Å². The van der Waals surface area contributed by atoms with Gasteiger partial charge >= 0.3 is 0 Å². The largest absolute Gasteiger partial charge is 0.367 e. The van der Waals surface area contributed by atoms with E-state index in [0.717, 1.165) is 81.1 Å². The van der Waals surface area contributed by atoms with Crippen LogP contribution in [0.5, 0.6) is 0 Å². The number of ketones is 1. The van der Waals surface area contributed by atoms with E-state index in [1.807, 2.05) is 24.3 Å². The number of nitrogens with zero attached hydrogens (tertiary/aromatic N) is 4. The van der Waals surface area contributed by atoms with Crippen LogP contribution >= 0.6 is 11.3 Å². The highest BCUT2D eigenvalue weighted by Crippen LogP contribution is 2.36. The second kappa shape index (κ2) is 12.2. The molecule has 4 heterocycles. The van der Waals surface area contributed by atoms with Crippen LogP contribution < -0.4 is 10.2 Å². The Morgan fingerprint density at radius 2 is 1.83 bits per heavy atom. The molecule has 6 rings (SSSR count). The summed E-state index contributed by atoms with van der Waals surface area (Å²) in [6, 6.07) is 6.33. The molecular formula is C31H41N5O4S. The Bertz CT molecular complexity index is 1250. The molecule has 0 spiro atoms. The van der Waals surface area contributed by atoms with Crippen molar-refractivity contribution in [2.75, 3.05) is 51.3 Å². The number of piperazine rings is 1. The molecule has 41 heavy (non-hydrogen) atoms.